The molecular weight excluding hydrogens is 365 g/mol. The number of hydrogen-bond donors (Lipinski definition) is 0. The molecule has 24 heavy (non-hydrogen) atoms. The van der Waals surface area contributed by atoms with Gasteiger partial charge in [-0.2, -0.15) is 0 Å². The number of thioether (sulfide) groups is 1. The number of benzene rings is 1. The lowest BCUT2D eigenvalue weighted by molar-refractivity contribution is -0.131. The molecule has 1 aliphatic heterocycles. The quantitative estimate of drug-likeness (QED) is 0.583. The Labute approximate surface area is 153 Å². The van der Waals surface area contributed by atoms with E-state index in [9.17, 15) is 9.18 Å². The molecule has 2 heterocycles. The van der Waals surface area contributed by atoms with Crippen molar-refractivity contribution in [1.29, 1.82) is 0 Å². The highest BCUT2D eigenvalue weighted by atomic mass is 32.2. The molecule has 0 N–H and O–H groups in total. The summed E-state index contributed by atoms with van der Waals surface area (Å²) in [4.78, 5) is 14.4. The Morgan fingerprint density at radius 3 is 2.88 bits per heavy atom. The number of likely N-dealkylation sites (tertiary alicyclic amines) is 1. The van der Waals surface area contributed by atoms with Gasteiger partial charge in [-0.15, -0.1) is 5.10 Å². The van der Waals surface area contributed by atoms with Crippen molar-refractivity contribution in [2.75, 3.05) is 12.3 Å². The van der Waals surface area contributed by atoms with Crippen molar-refractivity contribution in [2.45, 2.75) is 36.6 Å². The molecule has 0 spiro atoms. The summed E-state index contributed by atoms with van der Waals surface area (Å²) >= 11 is 8.11. The smallest absolute Gasteiger partial charge is 0.233 e. The average Bonchev–Trinajstić information content (AvgIpc) is 2.95. The minimum Gasteiger partial charge on any atom is -0.339 e. The molecule has 1 amide bonds. The van der Waals surface area contributed by atoms with Crippen molar-refractivity contribution in [3.8, 4) is 5.69 Å². The fourth-order valence-corrected chi connectivity index (χ4v) is 4.99. The van der Waals surface area contributed by atoms with Crippen LogP contribution in [0.4, 0.5) is 4.39 Å². The Morgan fingerprint density at radius 2 is 2.17 bits per heavy atom. The Morgan fingerprint density at radius 1 is 1.42 bits per heavy atom. The van der Waals surface area contributed by atoms with Crippen LogP contribution in [0.2, 0.25) is 0 Å². The minimum absolute atomic E-state index is 0.154. The van der Waals surface area contributed by atoms with Gasteiger partial charge in [0.05, 0.1) is 11.4 Å². The van der Waals surface area contributed by atoms with Gasteiger partial charge in [-0.3, -0.25) is 4.79 Å². The molecule has 3 rings (SSSR count). The zero-order chi connectivity index (χ0) is 17.1. The molecule has 1 atom stereocenters. The van der Waals surface area contributed by atoms with Gasteiger partial charge < -0.3 is 4.90 Å². The predicted molar refractivity (Wildman–Crippen MR) is 98.0 cm³/mol. The Hall–Kier alpha value is -1.25. The molecule has 0 saturated carbocycles. The van der Waals surface area contributed by atoms with Gasteiger partial charge in [0.2, 0.25) is 5.91 Å². The summed E-state index contributed by atoms with van der Waals surface area (Å²) in [5.41, 5.74) is 0.723. The van der Waals surface area contributed by atoms with E-state index < -0.39 is 0 Å². The molecule has 4 nitrogen and oxygen atoms in total. The lowest BCUT2D eigenvalue weighted by Crippen LogP contribution is -2.42. The van der Waals surface area contributed by atoms with Crippen molar-refractivity contribution < 1.29 is 9.18 Å². The van der Waals surface area contributed by atoms with Crippen molar-refractivity contribution in [2.24, 2.45) is 0 Å². The molecule has 128 valence electrons. The number of amides is 1. The Kier molecular flexibility index (Phi) is 5.68. The van der Waals surface area contributed by atoms with Crippen LogP contribution in [0.25, 0.3) is 5.69 Å². The van der Waals surface area contributed by atoms with Crippen LogP contribution < -0.4 is 0 Å². The van der Waals surface area contributed by atoms with Crippen molar-refractivity contribution in [3.63, 3.8) is 0 Å². The second-order valence-electron chi connectivity index (χ2n) is 5.74. The molecule has 0 bridgehead atoms. The van der Waals surface area contributed by atoms with Crippen LogP contribution in [0.1, 0.15) is 26.2 Å². The van der Waals surface area contributed by atoms with Crippen LogP contribution in [-0.4, -0.2) is 38.9 Å². The van der Waals surface area contributed by atoms with E-state index in [1.54, 1.807) is 16.8 Å². The van der Waals surface area contributed by atoms with E-state index in [0.717, 1.165) is 29.4 Å². The average molecular weight is 384 g/mol. The van der Waals surface area contributed by atoms with E-state index in [4.69, 9.17) is 12.2 Å². The first-order valence-corrected chi connectivity index (χ1v) is 10.0. The highest BCUT2D eigenvalue weighted by molar-refractivity contribution is 8.01. The highest BCUT2D eigenvalue weighted by Gasteiger charge is 2.23. The van der Waals surface area contributed by atoms with E-state index in [1.165, 1.54) is 41.7 Å². The third-order valence-electron chi connectivity index (χ3n) is 4.04. The van der Waals surface area contributed by atoms with Gasteiger partial charge in [-0.1, -0.05) is 23.1 Å². The molecule has 2 aromatic rings. The SMILES string of the molecule is C[C@@H]1CCCCN1C(=O)CSc1nn(-c2ccc(F)cc2)c(=S)s1. The summed E-state index contributed by atoms with van der Waals surface area (Å²) in [6.07, 6.45) is 3.36. The molecule has 1 fully saturated rings. The number of piperidine rings is 1. The second-order valence-corrected chi connectivity index (χ2v) is 8.59. The molecular formula is C16H18FN3OS3. The van der Waals surface area contributed by atoms with E-state index in [2.05, 4.69) is 12.0 Å². The van der Waals surface area contributed by atoms with Crippen LogP contribution in [0, 0.1) is 9.77 Å². The maximum Gasteiger partial charge on any atom is 0.233 e. The Bertz CT molecular complexity index is 772. The number of hydrogen-bond acceptors (Lipinski definition) is 5. The zero-order valence-electron chi connectivity index (χ0n) is 13.3. The standard InChI is InChI=1S/C16H18FN3OS3/c1-11-4-2-3-9-19(11)14(21)10-23-15-18-20(16(22)24-15)13-7-5-12(17)6-8-13/h5-8,11H,2-4,9-10H2,1H3/t11-/m1/s1. The topological polar surface area (TPSA) is 38.1 Å². The van der Waals surface area contributed by atoms with Gasteiger partial charge in [-0.05, 0) is 62.7 Å². The van der Waals surface area contributed by atoms with Crippen LogP contribution in [0.5, 0.6) is 0 Å². The first kappa shape index (κ1) is 17.6. The van der Waals surface area contributed by atoms with Gasteiger partial charge >= 0.3 is 0 Å². The molecule has 0 radical (unpaired) electrons. The number of aromatic nitrogens is 2. The largest absolute Gasteiger partial charge is 0.339 e. The fraction of sp³-hybridized carbons (Fsp3) is 0.438. The number of halogens is 1. The summed E-state index contributed by atoms with van der Waals surface area (Å²) in [6.45, 7) is 2.95. The first-order chi connectivity index (χ1) is 11.5. The summed E-state index contributed by atoms with van der Waals surface area (Å²) in [6, 6.07) is 6.36. The third kappa shape index (κ3) is 4.04. The lowest BCUT2D eigenvalue weighted by Gasteiger charge is -2.33. The summed E-state index contributed by atoms with van der Waals surface area (Å²) < 4.78 is 16.0. The van der Waals surface area contributed by atoms with Crippen LogP contribution in [-0.2, 0) is 4.79 Å². The molecule has 1 aromatic heterocycles. The molecule has 1 saturated heterocycles. The van der Waals surface area contributed by atoms with E-state index >= 15 is 0 Å². The van der Waals surface area contributed by atoms with E-state index in [1.807, 2.05) is 4.90 Å². The number of nitrogens with zero attached hydrogens (tertiary/aromatic N) is 3. The zero-order valence-corrected chi connectivity index (χ0v) is 15.7. The molecule has 1 aliphatic rings. The van der Waals surface area contributed by atoms with Crippen molar-refractivity contribution in [3.05, 3.63) is 34.0 Å². The number of rotatable bonds is 4. The number of carbonyl (C=O) groups is 1. The molecule has 0 aliphatic carbocycles. The maximum absolute atomic E-state index is 13.0. The van der Waals surface area contributed by atoms with Crippen LogP contribution in [0.15, 0.2) is 28.6 Å². The van der Waals surface area contributed by atoms with Gasteiger partial charge in [0, 0.05) is 12.6 Å². The minimum atomic E-state index is -0.295. The summed E-state index contributed by atoms with van der Waals surface area (Å²) in [5, 5.41) is 4.45. The van der Waals surface area contributed by atoms with Crippen LogP contribution in [0.3, 0.4) is 0 Å². The van der Waals surface area contributed by atoms with Crippen LogP contribution >= 0.6 is 35.3 Å². The van der Waals surface area contributed by atoms with Gasteiger partial charge in [0.1, 0.15) is 5.82 Å². The Balaban J connectivity index is 1.66. The lowest BCUT2D eigenvalue weighted by atomic mass is 10.0. The van der Waals surface area contributed by atoms with Gasteiger partial charge in [0.15, 0.2) is 8.29 Å². The molecule has 0 unspecified atom stereocenters. The second kappa shape index (κ2) is 7.76. The predicted octanol–water partition coefficient (Wildman–Crippen LogP) is 4.30. The number of carbonyl (C=O) groups excluding carboxylic acids is 1. The monoisotopic (exact) mass is 383 g/mol. The van der Waals surface area contributed by atoms with Gasteiger partial charge in [-0.25, -0.2) is 9.07 Å². The first-order valence-electron chi connectivity index (χ1n) is 7.83. The van der Waals surface area contributed by atoms with E-state index in [0.29, 0.717) is 15.7 Å². The van der Waals surface area contributed by atoms with E-state index in [-0.39, 0.29) is 11.7 Å². The summed E-state index contributed by atoms with van der Waals surface area (Å²) in [5.74, 6) is 0.230. The summed E-state index contributed by atoms with van der Waals surface area (Å²) in [7, 11) is 0. The molecule has 8 heteroatoms. The fourth-order valence-electron chi connectivity index (χ4n) is 2.74. The highest BCUT2D eigenvalue weighted by Crippen LogP contribution is 2.25. The third-order valence-corrected chi connectivity index (χ3v) is 6.39. The van der Waals surface area contributed by atoms with Gasteiger partial charge in [0.25, 0.3) is 0 Å². The van der Waals surface area contributed by atoms with Crippen molar-refractivity contribution in [1.82, 2.24) is 14.7 Å². The molecule has 1 aromatic carbocycles. The van der Waals surface area contributed by atoms with Crippen molar-refractivity contribution >= 4 is 41.2 Å². The normalized spacial score (nSPS) is 17.9. The maximum atomic E-state index is 13.0.